The van der Waals surface area contributed by atoms with Gasteiger partial charge in [-0.1, -0.05) is 183 Å². The van der Waals surface area contributed by atoms with Crippen LogP contribution in [0.3, 0.4) is 0 Å². The second-order valence-electron chi connectivity index (χ2n) is 21.7. The van der Waals surface area contributed by atoms with Crippen LogP contribution in [0.25, 0.3) is 39.0 Å². The standard InChI is InChI=1S/C60H58BN3/c1-57(2,3)41-27-31-43(32-28-41)62(44-33-29-42(30-34-44)58(4,5)6)45-37-50-53-51(38-45)64-56-47(59(7)35-15-16-36-60(59,64)8)24-18-26-49(56)61(53)48-25-17-23-46-52(39-19-11-9-12-20-39)54(63(50)55(46)48)40-21-13-10-14-22-40/h9-14,17-34,37-38H,15-16,35-36H2,1-8H3. The van der Waals surface area contributed by atoms with E-state index in [1.165, 1.54) is 108 Å². The van der Waals surface area contributed by atoms with Gasteiger partial charge < -0.3 is 14.4 Å². The van der Waals surface area contributed by atoms with Gasteiger partial charge in [0.1, 0.15) is 0 Å². The smallest absolute Gasteiger partial charge is 0.252 e. The Bertz CT molecular complexity index is 3090. The van der Waals surface area contributed by atoms with Gasteiger partial charge in [-0.3, -0.25) is 0 Å². The lowest BCUT2D eigenvalue weighted by atomic mass is 9.33. The molecule has 12 rings (SSSR count). The molecule has 0 radical (unpaired) electrons. The summed E-state index contributed by atoms with van der Waals surface area (Å²) in [5.74, 6) is 0. The first-order chi connectivity index (χ1) is 30.8. The predicted molar refractivity (Wildman–Crippen MR) is 274 cm³/mol. The van der Waals surface area contributed by atoms with Crippen LogP contribution >= 0.6 is 0 Å². The minimum absolute atomic E-state index is 0.0231. The fourth-order valence-electron chi connectivity index (χ4n) is 12.6. The second-order valence-corrected chi connectivity index (χ2v) is 21.7. The van der Waals surface area contributed by atoms with Gasteiger partial charge in [-0.05, 0) is 111 Å². The average Bonchev–Trinajstić information content (AvgIpc) is 3.75. The predicted octanol–water partition coefficient (Wildman–Crippen LogP) is 13.9. The monoisotopic (exact) mass is 831 g/mol. The van der Waals surface area contributed by atoms with Crippen molar-refractivity contribution >= 4 is 62.4 Å². The molecule has 4 heteroatoms. The molecule has 0 saturated heterocycles. The number of rotatable bonds is 5. The van der Waals surface area contributed by atoms with E-state index in [0.717, 1.165) is 17.8 Å². The third-order valence-corrected chi connectivity index (χ3v) is 16.0. The fraction of sp³-hybridized carbons (Fsp3) is 0.267. The van der Waals surface area contributed by atoms with Gasteiger partial charge in [0.2, 0.25) is 0 Å². The molecular weight excluding hydrogens is 773 g/mol. The molecule has 0 amide bonds. The van der Waals surface area contributed by atoms with Crippen LogP contribution in [0.15, 0.2) is 158 Å². The van der Waals surface area contributed by atoms with Crippen LogP contribution in [0, 0.1) is 0 Å². The topological polar surface area (TPSA) is 11.4 Å². The highest BCUT2D eigenvalue weighted by molar-refractivity contribution is 7.00. The van der Waals surface area contributed by atoms with Crippen molar-refractivity contribution in [1.29, 1.82) is 0 Å². The van der Waals surface area contributed by atoms with Crippen molar-refractivity contribution in [2.45, 2.75) is 103 Å². The van der Waals surface area contributed by atoms with Crippen molar-refractivity contribution in [3.05, 3.63) is 174 Å². The Morgan fingerprint density at radius 3 is 1.73 bits per heavy atom. The number of hydrogen-bond acceptors (Lipinski definition) is 2. The Balaban J connectivity index is 1.23. The molecule has 1 saturated carbocycles. The zero-order valence-electron chi connectivity index (χ0n) is 38.8. The van der Waals surface area contributed by atoms with E-state index in [1.807, 2.05) is 0 Å². The molecule has 1 aromatic heterocycles. The van der Waals surface area contributed by atoms with E-state index in [4.69, 9.17) is 0 Å². The zero-order valence-corrected chi connectivity index (χ0v) is 38.8. The molecule has 4 aliphatic rings. The Labute approximate surface area is 380 Å². The summed E-state index contributed by atoms with van der Waals surface area (Å²) in [4.78, 5) is 5.40. The Morgan fingerprint density at radius 1 is 0.547 bits per heavy atom. The summed E-state index contributed by atoms with van der Waals surface area (Å²) >= 11 is 0. The van der Waals surface area contributed by atoms with Gasteiger partial charge in [-0.2, -0.15) is 0 Å². The molecule has 7 aromatic carbocycles. The highest BCUT2D eigenvalue weighted by Crippen LogP contribution is 2.62. The summed E-state index contributed by atoms with van der Waals surface area (Å²) < 4.78 is 2.68. The molecule has 64 heavy (non-hydrogen) atoms. The summed E-state index contributed by atoms with van der Waals surface area (Å²) in [7, 11) is 0. The van der Waals surface area contributed by atoms with Gasteiger partial charge >= 0.3 is 0 Å². The molecule has 316 valence electrons. The summed E-state index contributed by atoms with van der Waals surface area (Å²) in [6.07, 6.45) is 4.86. The van der Waals surface area contributed by atoms with E-state index in [0.29, 0.717) is 0 Å². The first kappa shape index (κ1) is 39.3. The van der Waals surface area contributed by atoms with Crippen molar-refractivity contribution in [3.63, 3.8) is 0 Å². The maximum atomic E-state index is 2.87. The second kappa shape index (κ2) is 13.6. The molecule has 2 unspecified atom stereocenters. The van der Waals surface area contributed by atoms with E-state index in [-0.39, 0.29) is 28.5 Å². The summed E-state index contributed by atoms with van der Waals surface area (Å²) in [6.45, 7) is 19.1. The molecule has 3 nitrogen and oxygen atoms in total. The molecule has 0 bridgehead atoms. The van der Waals surface area contributed by atoms with Crippen molar-refractivity contribution in [1.82, 2.24) is 4.57 Å². The Kier molecular flexibility index (Phi) is 8.38. The third kappa shape index (κ3) is 5.41. The number of fused-ring (bicyclic) bond motifs is 7. The third-order valence-electron chi connectivity index (χ3n) is 16.0. The fourth-order valence-corrected chi connectivity index (χ4v) is 12.6. The molecule has 3 aliphatic heterocycles. The SMILES string of the molecule is CC(C)(C)c1ccc(N(c2ccc(C(C)(C)C)cc2)c2cc3c4c(c2)-n2c(-c5ccccc5)c(-c5ccccc5)c5cccc(c52)B4c2cccc4c2N3C2(C)CCCCC42C)cc1. The maximum absolute atomic E-state index is 2.87. The lowest BCUT2D eigenvalue weighted by Crippen LogP contribution is -2.64. The van der Waals surface area contributed by atoms with Gasteiger partial charge in [0.05, 0.1) is 16.9 Å². The minimum Gasteiger partial charge on any atom is -0.335 e. The van der Waals surface area contributed by atoms with Gasteiger partial charge in [0.15, 0.2) is 0 Å². The van der Waals surface area contributed by atoms with Crippen molar-refractivity contribution in [3.8, 4) is 28.1 Å². The molecule has 8 aromatic rings. The minimum atomic E-state index is -0.0883. The summed E-state index contributed by atoms with van der Waals surface area (Å²) in [5, 5.41) is 1.30. The first-order valence-electron chi connectivity index (χ1n) is 23.7. The number of anilines is 5. The van der Waals surface area contributed by atoms with Gasteiger partial charge in [0, 0.05) is 50.3 Å². The molecule has 0 N–H and O–H groups in total. The lowest BCUT2D eigenvalue weighted by Gasteiger charge is -2.52. The quantitative estimate of drug-likeness (QED) is 0.160. The van der Waals surface area contributed by atoms with Crippen LogP contribution in [0.1, 0.15) is 97.8 Å². The molecule has 0 spiro atoms. The van der Waals surface area contributed by atoms with Crippen molar-refractivity contribution in [2.24, 2.45) is 0 Å². The molecule has 4 heterocycles. The van der Waals surface area contributed by atoms with E-state index in [1.54, 1.807) is 0 Å². The maximum Gasteiger partial charge on any atom is 0.252 e. The zero-order chi connectivity index (χ0) is 43.9. The van der Waals surface area contributed by atoms with Crippen LogP contribution in [0.4, 0.5) is 28.4 Å². The molecule has 1 aliphatic carbocycles. The van der Waals surface area contributed by atoms with Crippen LogP contribution in [0.2, 0.25) is 0 Å². The van der Waals surface area contributed by atoms with Gasteiger partial charge in [0.25, 0.3) is 6.71 Å². The lowest BCUT2D eigenvalue weighted by molar-refractivity contribution is 0.195. The molecule has 1 fully saturated rings. The molecular formula is C60H58BN3. The van der Waals surface area contributed by atoms with Crippen LogP contribution in [-0.2, 0) is 16.2 Å². The van der Waals surface area contributed by atoms with E-state index in [2.05, 4.69) is 227 Å². The number of hydrogen-bond donors (Lipinski definition) is 0. The molecule has 2 atom stereocenters. The van der Waals surface area contributed by atoms with Gasteiger partial charge in [-0.15, -0.1) is 0 Å². The number of benzene rings is 7. The number of para-hydroxylation sites is 2. The highest BCUT2D eigenvalue weighted by atomic mass is 15.3. The Morgan fingerprint density at radius 2 is 1.11 bits per heavy atom. The Hall–Kier alpha value is -6.26. The summed E-state index contributed by atoms with van der Waals surface area (Å²) in [5.41, 5.74) is 22.4. The largest absolute Gasteiger partial charge is 0.335 e. The van der Waals surface area contributed by atoms with Crippen molar-refractivity contribution in [2.75, 3.05) is 9.80 Å². The van der Waals surface area contributed by atoms with E-state index >= 15 is 0 Å². The first-order valence-corrected chi connectivity index (χ1v) is 23.7. The van der Waals surface area contributed by atoms with Gasteiger partial charge in [-0.25, -0.2) is 0 Å². The van der Waals surface area contributed by atoms with Crippen LogP contribution < -0.4 is 26.2 Å². The van der Waals surface area contributed by atoms with Crippen LogP contribution in [0.5, 0.6) is 0 Å². The van der Waals surface area contributed by atoms with E-state index < -0.39 is 0 Å². The average molecular weight is 832 g/mol. The summed E-state index contributed by atoms with van der Waals surface area (Å²) in [6, 6.07) is 60.6. The van der Waals surface area contributed by atoms with E-state index in [9.17, 15) is 0 Å². The highest BCUT2D eigenvalue weighted by Gasteiger charge is 2.61. The normalized spacial score (nSPS) is 19.4. The van der Waals surface area contributed by atoms with Crippen LogP contribution in [-0.4, -0.2) is 16.8 Å². The number of nitrogens with zero attached hydrogens (tertiary/aromatic N) is 3. The van der Waals surface area contributed by atoms with Crippen molar-refractivity contribution < 1.29 is 0 Å². The number of aromatic nitrogens is 1.